The quantitative estimate of drug-likeness (QED) is 0.103. The summed E-state index contributed by atoms with van der Waals surface area (Å²) in [6, 6.07) is 9.00. The number of nitrogens with one attached hydrogen (secondary N) is 1. The first-order valence-electron chi connectivity index (χ1n) is 15.4. The van der Waals surface area contributed by atoms with E-state index in [0.29, 0.717) is 37.8 Å². The van der Waals surface area contributed by atoms with Crippen molar-refractivity contribution in [2.75, 3.05) is 40.5 Å². The zero-order valence-electron chi connectivity index (χ0n) is 26.8. The van der Waals surface area contributed by atoms with E-state index in [1.807, 2.05) is 13.8 Å². The average molecular weight is 572 g/mol. The van der Waals surface area contributed by atoms with Crippen LogP contribution in [-0.4, -0.2) is 67.9 Å². The second-order valence-electron chi connectivity index (χ2n) is 10.2. The highest BCUT2D eigenvalue weighted by Crippen LogP contribution is 2.24. The van der Waals surface area contributed by atoms with E-state index in [2.05, 4.69) is 72.4 Å². The summed E-state index contributed by atoms with van der Waals surface area (Å²) < 4.78 is 5.05. The van der Waals surface area contributed by atoms with Crippen LogP contribution in [-0.2, 0) is 20.9 Å². The van der Waals surface area contributed by atoms with Crippen LogP contribution in [0.5, 0.6) is 0 Å². The molecule has 232 valence electrons. The summed E-state index contributed by atoms with van der Waals surface area (Å²) in [5, 5.41) is 9.61. The normalized spacial score (nSPS) is 14.5. The lowest BCUT2D eigenvalue weighted by molar-refractivity contribution is -0.137. The van der Waals surface area contributed by atoms with Gasteiger partial charge in [0.05, 0.1) is 13.2 Å². The molecular weight excluding hydrogens is 514 g/mol. The van der Waals surface area contributed by atoms with Gasteiger partial charge in [0.15, 0.2) is 0 Å². The molecule has 0 aromatic heterocycles. The van der Waals surface area contributed by atoms with E-state index in [-0.39, 0.29) is 5.78 Å². The van der Waals surface area contributed by atoms with E-state index >= 15 is 0 Å². The highest BCUT2D eigenvalue weighted by atomic mass is 16.5. The number of carbonyl (C=O) groups is 2. The van der Waals surface area contributed by atoms with Gasteiger partial charge in [0.25, 0.3) is 5.91 Å². The number of nitrogens with zero attached hydrogens (tertiary/aromatic N) is 2. The van der Waals surface area contributed by atoms with Crippen LogP contribution >= 0.6 is 0 Å². The van der Waals surface area contributed by atoms with E-state index in [1.165, 1.54) is 17.3 Å². The number of likely N-dealkylation sites (tertiary alicyclic amines) is 1. The van der Waals surface area contributed by atoms with Gasteiger partial charge >= 0.3 is 0 Å². The number of benzene rings is 1. The largest absolute Gasteiger partial charge is 0.400 e. The third-order valence-electron chi connectivity index (χ3n) is 6.86. The number of aliphatic hydroxyl groups is 1. The Morgan fingerprint density at radius 1 is 1.12 bits per heavy atom. The predicted molar refractivity (Wildman–Crippen MR) is 172 cm³/mol. The number of aliphatic hydroxyl groups excluding tert-OH is 1. The Balaban J connectivity index is 0.00000382. The molecule has 2 N–H and O–H groups in total. The Morgan fingerprint density at radius 2 is 1.78 bits per heavy atom. The summed E-state index contributed by atoms with van der Waals surface area (Å²) in [7, 11) is 2.64. The van der Waals surface area contributed by atoms with E-state index in [4.69, 9.17) is 9.84 Å². The Bertz CT molecular complexity index is 899. The molecule has 7 heteroatoms. The van der Waals surface area contributed by atoms with Crippen molar-refractivity contribution in [3.8, 4) is 0 Å². The van der Waals surface area contributed by atoms with Gasteiger partial charge < -0.3 is 15.2 Å². The molecule has 1 aromatic carbocycles. The van der Waals surface area contributed by atoms with E-state index in [0.717, 1.165) is 64.6 Å². The maximum absolute atomic E-state index is 12.3. The number of carbonyl (C=O) groups excluding carboxylic acids is 2. The fourth-order valence-electron chi connectivity index (χ4n) is 4.49. The molecule has 1 aliphatic heterocycles. The summed E-state index contributed by atoms with van der Waals surface area (Å²) in [5.74, 6) is 0.304. The number of allylic oxidation sites excluding steroid dienone is 3. The lowest BCUT2D eigenvalue weighted by atomic mass is 9.91. The molecule has 1 fully saturated rings. The summed E-state index contributed by atoms with van der Waals surface area (Å²) in [6.45, 7) is 14.8. The molecule has 0 spiro atoms. The minimum absolute atomic E-state index is 0.302. The van der Waals surface area contributed by atoms with E-state index in [1.54, 1.807) is 13.2 Å². The Morgan fingerprint density at radius 3 is 2.37 bits per heavy atom. The number of hydrogen-bond donors (Lipinski definition) is 2. The van der Waals surface area contributed by atoms with E-state index in [9.17, 15) is 9.59 Å². The Labute approximate surface area is 250 Å². The van der Waals surface area contributed by atoms with E-state index < -0.39 is 5.91 Å². The zero-order valence-corrected chi connectivity index (χ0v) is 26.8. The van der Waals surface area contributed by atoms with Crippen LogP contribution in [0.3, 0.4) is 0 Å². The van der Waals surface area contributed by atoms with Gasteiger partial charge in [-0.05, 0) is 74.2 Å². The van der Waals surface area contributed by atoms with Gasteiger partial charge in [0, 0.05) is 45.5 Å². The van der Waals surface area contributed by atoms with Gasteiger partial charge in [-0.2, -0.15) is 0 Å². The van der Waals surface area contributed by atoms with Gasteiger partial charge in [0.2, 0.25) is 5.78 Å². The third kappa shape index (κ3) is 17.7. The monoisotopic (exact) mass is 571 g/mol. The molecule has 0 bridgehead atoms. The third-order valence-corrected chi connectivity index (χ3v) is 6.86. The number of Topliss-reactive ketones (excluding diaryl/α,β-unsaturated/α-hetero) is 1. The smallest absolute Gasteiger partial charge is 0.291 e. The van der Waals surface area contributed by atoms with Crippen LogP contribution in [0.4, 0.5) is 0 Å². The minimum atomic E-state index is -0.546. The lowest BCUT2D eigenvalue weighted by Crippen LogP contribution is -2.33. The van der Waals surface area contributed by atoms with Gasteiger partial charge in [-0.15, -0.1) is 0 Å². The summed E-state index contributed by atoms with van der Waals surface area (Å²) >= 11 is 0. The average Bonchev–Trinajstić information content (AvgIpc) is 3.00. The molecule has 1 saturated heterocycles. The standard InChI is InChI=1S/C31H47N3O3.C2H6.CH4O/c1-5-6-7-10-29(32-20-23-37-4)16-19-33-31(36)30(35)11-8-9-26-17-21-34(22-18-26)24-27-12-14-28(15-13-27)25(2)3;2*1-2/h6-7,12-16,19,25-26H,5,8-11,17-18,20-24H2,1-4H3,(H,33,36);1-2H3;2H,1H3/b7-6-,19-16+,32-29?;;. The van der Waals surface area contributed by atoms with Crippen molar-refractivity contribution >= 4 is 17.4 Å². The molecule has 2 rings (SSSR count). The van der Waals surface area contributed by atoms with Crippen molar-refractivity contribution in [1.82, 2.24) is 10.2 Å². The van der Waals surface area contributed by atoms with Crippen LogP contribution < -0.4 is 5.32 Å². The van der Waals surface area contributed by atoms with Crippen molar-refractivity contribution in [2.24, 2.45) is 10.9 Å². The maximum Gasteiger partial charge on any atom is 0.291 e. The van der Waals surface area contributed by atoms with Gasteiger partial charge in [-0.1, -0.05) is 71.0 Å². The molecule has 0 atom stereocenters. The molecule has 7 nitrogen and oxygen atoms in total. The first-order valence-corrected chi connectivity index (χ1v) is 15.4. The topological polar surface area (TPSA) is 91.2 Å². The highest BCUT2D eigenvalue weighted by molar-refractivity contribution is 6.36. The summed E-state index contributed by atoms with van der Waals surface area (Å²) in [5.41, 5.74) is 3.60. The molecule has 0 radical (unpaired) electrons. The number of aliphatic imine (C=N–C) groups is 1. The van der Waals surface area contributed by atoms with Crippen LogP contribution in [0.15, 0.2) is 53.7 Å². The Hall–Kier alpha value is -2.61. The number of piperidine rings is 1. The molecule has 0 unspecified atom stereocenters. The van der Waals surface area contributed by atoms with Crippen molar-refractivity contribution < 1.29 is 19.4 Å². The number of rotatable bonds is 16. The summed E-state index contributed by atoms with van der Waals surface area (Å²) in [6.07, 6.45) is 13.5. The molecule has 0 saturated carbocycles. The van der Waals surface area contributed by atoms with Crippen LogP contribution in [0.2, 0.25) is 0 Å². The van der Waals surface area contributed by atoms with Crippen molar-refractivity contribution in [3.63, 3.8) is 0 Å². The second kappa shape index (κ2) is 25.1. The van der Waals surface area contributed by atoms with Crippen LogP contribution in [0.1, 0.15) is 96.6 Å². The molecule has 41 heavy (non-hydrogen) atoms. The Kier molecular flexibility index (Phi) is 23.5. The number of hydrogen-bond acceptors (Lipinski definition) is 6. The minimum Gasteiger partial charge on any atom is -0.400 e. The van der Waals surface area contributed by atoms with Gasteiger partial charge in [0.1, 0.15) is 0 Å². The molecular formula is C34H57N3O4. The molecule has 0 aliphatic carbocycles. The predicted octanol–water partition coefficient (Wildman–Crippen LogP) is 6.47. The summed E-state index contributed by atoms with van der Waals surface area (Å²) in [4.78, 5) is 31.5. The highest BCUT2D eigenvalue weighted by Gasteiger charge is 2.20. The molecule has 1 amide bonds. The van der Waals surface area contributed by atoms with Crippen molar-refractivity contribution in [1.29, 1.82) is 0 Å². The lowest BCUT2D eigenvalue weighted by Gasteiger charge is -2.32. The maximum atomic E-state index is 12.3. The van der Waals surface area contributed by atoms with Crippen LogP contribution in [0, 0.1) is 5.92 Å². The number of ether oxygens (including phenoxy) is 1. The fourth-order valence-corrected chi connectivity index (χ4v) is 4.49. The zero-order chi connectivity index (χ0) is 30.9. The number of amides is 1. The van der Waals surface area contributed by atoms with Gasteiger partial charge in [-0.25, -0.2) is 0 Å². The SMILES string of the molecule is CC.CC/C=C\CC(/C=C/NC(=O)C(=O)CCCC1CCN(Cc2ccc(C(C)C)cc2)CC1)=NCCOC.CO. The first kappa shape index (κ1) is 38.4. The van der Waals surface area contributed by atoms with Crippen molar-refractivity contribution in [2.45, 2.75) is 92.0 Å². The number of methoxy groups -OCH3 is 1. The second-order valence-corrected chi connectivity index (χ2v) is 10.2. The molecule has 1 aromatic rings. The van der Waals surface area contributed by atoms with Crippen molar-refractivity contribution in [3.05, 3.63) is 59.8 Å². The van der Waals surface area contributed by atoms with Gasteiger partial charge in [-0.3, -0.25) is 19.5 Å². The fraction of sp³-hybridized carbons (Fsp3) is 0.618. The molecule has 1 heterocycles. The van der Waals surface area contributed by atoms with Crippen LogP contribution in [0.25, 0.3) is 0 Å². The molecule has 1 aliphatic rings. The number of ketones is 1. The first-order chi connectivity index (χ1) is 19.9.